The van der Waals surface area contributed by atoms with E-state index in [2.05, 4.69) is 6.58 Å². The molecule has 1 aromatic rings. The third-order valence-electron chi connectivity index (χ3n) is 10.4. The van der Waals surface area contributed by atoms with Gasteiger partial charge in [-0.25, -0.2) is 0 Å². The highest BCUT2D eigenvalue weighted by atomic mass is 16.5. The molecule has 0 saturated heterocycles. The number of hydrogen-bond donors (Lipinski definition) is 3. The average Bonchev–Trinajstić information content (AvgIpc) is 2.89. The van der Waals surface area contributed by atoms with Gasteiger partial charge < -0.3 is 34.9 Å². The lowest BCUT2D eigenvalue weighted by atomic mass is 9.46. The van der Waals surface area contributed by atoms with Crippen molar-refractivity contribution < 1.29 is 39.5 Å². The first kappa shape index (κ1) is 32.1. The van der Waals surface area contributed by atoms with Crippen molar-refractivity contribution >= 4 is 17.7 Å². The molecule has 3 aliphatic rings. The minimum atomic E-state index is -2.33. The average molecular weight is 583 g/mol. The van der Waals surface area contributed by atoms with Crippen LogP contribution in [-0.4, -0.2) is 75.9 Å². The van der Waals surface area contributed by atoms with Crippen molar-refractivity contribution in [3.05, 3.63) is 59.2 Å². The summed E-state index contributed by atoms with van der Waals surface area (Å²) in [6, 6.07) is 9.38. The molecule has 0 radical (unpaired) electrons. The second kappa shape index (κ2) is 11.3. The van der Waals surface area contributed by atoms with Crippen molar-refractivity contribution in [1.29, 1.82) is 0 Å². The van der Waals surface area contributed by atoms with Gasteiger partial charge in [0.05, 0.1) is 18.6 Å². The summed E-state index contributed by atoms with van der Waals surface area (Å²) in [7, 11) is 3.77. The smallest absolute Gasteiger partial charge is 0.308 e. The lowest BCUT2D eigenvalue weighted by Crippen LogP contribution is -2.67. The molecule has 0 heterocycles. The number of hydrogen-bond acceptors (Lipinski definition) is 9. The number of rotatable bonds is 7. The Kier molecular flexibility index (Phi) is 8.66. The highest BCUT2D eigenvalue weighted by Crippen LogP contribution is 2.61. The second-order valence-corrected chi connectivity index (χ2v) is 13.5. The molecule has 0 spiro atoms. The maximum atomic E-state index is 13.3. The summed E-state index contributed by atoms with van der Waals surface area (Å²) < 4.78 is 5.97. The van der Waals surface area contributed by atoms with Crippen LogP contribution in [0.3, 0.4) is 0 Å². The molecule has 3 aliphatic carbocycles. The third-order valence-corrected chi connectivity index (χ3v) is 10.4. The number of carboxylic acid groups (broad SMARTS) is 1. The SMILES string of the molecule is C=C1[C@@H](OC(=O)CC(c2ccccc2)N(C)C)CC[C@@]2(C)[C@@H](O)[C@@](O)(CC(=O)[O-])C3=C(C)C(=O)C[C@@H]([C@H](O)[C@H]12)C3(C)C. The molecule has 1 unspecified atom stereocenters. The van der Waals surface area contributed by atoms with Crippen LogP contribution in [0.25, 0.3) is 0 Å². The van der Waals surface area contributed by atoms with Gasteiger partial charge in [0, 0.05) is 42.1 Å². The molecule has 3 N–H and O–H groups in total. The van der Waals surface area contributed by atoms with Crippen LogP contribution < -0.4 is 5.11 Å². The molecule has 0 amide bonds. The van der Waals surface area contributed by atoms with E-state index in [1.54, 1.807) is 20.8 Å². The van der Waals surface area contributed by atoms with E-state index < -0.39 is 64.9 Å². The van der Waals surface area contributed by atoms with Gasteiger partial charge in [0.15, 0.2) is 5.78 Å². The number of allylic oxidation sites excluding steroid dienone is 1. The monoisotopic (exact) mass is 582 g/mol. The van der Waals surface area contributed by atoms with Gasteiger partial charge in [-0.1, -0.05) is 57.7 Å². The van der Waals surface area contributed by atoms with Crippen LogP contribution in [0.15, 0.2) is 53.6 Å². The van der Waals surface area contributed by atoms with Crippen LogP contribution in [0, 0.1) is 22.7 Å². The third kappa shape index (κ3) is 5.25. The molecule has 8 atom stereocenters. The van der Waals surface area contributed by atoms with E-state index in [-0.39, 0.29) is 48.7 Å². The molecule has 42 heavy (non-hydrogen) atoms. The fourth-order valence-electron chi connectivity index (χ4n) is 8.26. The fraction of sp³-hybridized carbons (Fsp3) is 0.606. The van der Waals surface area contributed by atoms with Crippen molar-refractivity contribution in [3.63, 3.8) is 0 Å². The van der Waals surface area contributed by atoms with Gasteiger partial charge in [-0.3, -0.25) is 9.59 Å². The number of ketones is 1. The summed E-state index contributed by atoms with van der Waals surface area (Å²) in [6.07, 6.45) is -4.06. The minimum absolute atomic E-state index is 0.0209. The molecule has 2 saturated carbocycles. The summed E-state index contributed by atoms with van der Waals surface area (Å²) >= 11 is 0. The Balaban J connectivity index is 1.71. The molecular weight excluding hydrogens is 538 g/mol. The zero-order valence-electron chi connectivity index (χ0n) is 25.4. The van der Waals surface area contributed by atoms with Gasteiger partial charge in [-0.05, 0) is 61.6 Å². The van der Waals surface area contributed by atoms with Crippen molar-refractivity contribution in [2.24, 2.45) is 22.7 Å². The molecule has 0 aromatic heterocycles. The Bertz CT molecular complexity index is 1290. The van der Waals surface area contributed by atoms with Crippen LogP contribution in [0.4, 0.5) is 0 Å². The van der Waals surface area contributed by atoms with Gasteiger partial charge in [0.2, 0.25) is 0 Å². The lowest BCUT2D eigenvalue weighted by molar-refractivity contribution is -0.312. The number of Topliss-reactive ketones (excluding diaryl/α,β-unsaturated/α-hetero) is 1. The number of ether oxygens (including phenoxy) is 1. The molecule has 1 aromatic carbocycles. The first-order valence-electron chi connectivity index (χ1n) is 14.6. The molecule has 9 heteroatoms. The molecule has 230 valence electrons. The van der Waals surface area contributed by atoms with E-state index in [1.165, 1.54) is 6.92 Å². The Morgan fingerprint density at radius 3 is 2.36 bits per heavy atom. The van der Waals surface area contributed by atoms with Crippen molar-refractivity contribution in [3.8, 4) is 0 Å². The quantitative estimate of drug-likeness (QED) is 0.325. The number of aliphatic hydroxyl groups is 3. The maximum Gasteiger partial charge on any atom is 0.308 e. The van der Waals surface area contributed by atoms with Crippen LogP contribution in [0.2, 0.25) is 0 Å². The van der Waals surface area contributed by atoms with Crippen LogP contribution in [0.1, 0.15) is 71.4 Å². The lowest BCUT2D eigenvalue weighted by Gasteiger charge is -2.61. The highest BCUT2D eigenvalue weighted by Gasteiger charge is 2.65. The van der Waals surface area contributed by atoms with Gasteiger partial charge in [-0.15, -0.1) is 0 Å². The van der Waals surface area contributed by atoms with E-state index in [1.807, 2.05) is 49.3 Å². The fourth-order valence-corrected chi connectivity index (χ4v) is 8.26. The number of benzene rings is 1. The Morgan fingerprint density at radius 1 is 1.17 bits per heavy atom. The van der Waals surface area contributed by atoms with Crippen molar-refractivity contribution in [2.75, 3.05) is 14.1 Å². The van der Waals surface area contributed by atoms with Gasteiger partial charge in [0.1, 0.15) is 11.7 Å². The number of carbonyl (C=O) groups excluding carboxylic acids is 3. The predicted molar refractivity (Wildman–Crippen MR) is 154 cm³/mol. The molecule has 0 aliphatic heterocycles. The summed E-state index contributed by atoms with van der Waals surface area (Å²) in [5, 5.41) is 48.0. The molecule has 2 bridgehead atoms. The first-order chi connectivity index (χ1) is 19.5. The number of fused-ring (bicyclic) bond motifs is 3. The van der Waals surface area contributed by atoms with Crippen LogP contribution in [-0.2, 0) is 19.1 Å². The van der Waals surface area contributed by atoms with E-state index in [0.29, 0.717) is 5.57 Å². The van der Waals surface area contributed by atoms with Crippen molar-refractivity contribution in [2.45, 2.75) is 89.8 Å². The largest absolute Gasteiger partial charge is 0.550 e. The Hall–Kier alpha value is -2.85. The Morgan fingerprint density at radius 2 is 1.79 bits per heavy atom. The zero-order chi connectivity index (χ0) is 31.4. The summed E-state index contributed by atoms with van der Waals surface area (Å²) in [5.41, 5.74) is -2.97. The highest BCUT2D eigenvalue weighted by molar-refractivity contribution is 5.97. The standard InChI is InChI=1S/C33H45NO8/c1-18-23(35)15-21-28(39)27-19(2)24(42-26(38)16-22(34(6)7)20-11-9-8-10-12-20)13-14-32(27,5)30(40)33(41,17-25(36)37)29(18)31(21,3)4/h8-12,21-22,24,27-28,30,39-41H,2,13-17H2,1,3-7H3,(H,36,37)/p-1/t21-,22?,24-,27-,28-,30+,32+,33+/m0/s1. The zero-order valence-corrected chi connectivity index (χ0v) is 25.4. The first-order valence-corrected chi connectivity index (χ1v) is 14.6. The summed E-state index contributed by atoms with van der Waals surface area (Å²) in [5.74, 6) is -3.96. The maximum absolute atomic E-state index is 13.3. The summed E-state index contributed by atoms with van der Waals surface area (Å²) in [4.78, 5) is 40.3. The number of carboxylic acids is 1. The molecule has 9 nitrogen and oxygen atoms in total. The number of nitrogens with zero attached hydrogens (tertiary/aromatic N) is 1. The van der Waals surface area contributed by atoms with Gasteiger partial charge in [-0.2, -0.15) is 0 Å². The number of aliphatic hydroxyl groups excluding tert-OH is 2. The van der Waals surface area contributed by atoms with Gasteiger partial charge in [0.25, 0.3) is 0 Å². The van der Waals surface area contributed by atoms with Crippen LogP contribution in [0.5, 0.6) is 0 Å². The second-order valence-electron chi connectivity index (χ2n) is 13.5. The molecule has 4 rings (SSSR count). The number of carbonyl (C=O) groups is 3. The van der Waals surface area contributed by atoms with E-state index >= 15 is 0 Å². The number of aliphatic carboxylic acids is 1. The van der Waals surface area contributed by atoms with E-state index in [9.17, 15) is 34.8 Å². The minimum Gasteiger partial charge on any atom is -0.550 e. The predicted octanol–water partition coefficient (Wildman–Crippen LogP) is 2.10. The van der Waals surface area contributed by atoms with Gasteiger partial charge >= 0.3 is 5.97 Å². The van der Waals surface area contributed by atoms with Crippen molar-refractivity contribution in [1.82, 2.24) is 4.90 Å². The van der Waals surface area contributed by atoms with E-state index in [4.69, 9.17) is 4.74 Å². The molecular formula is C33H44NO8-. The number of esters is 1. The topological polar surface area (TPSA) is 147 Å². The van der Waals surface area contributed by atoms with Crippen LogP contribution >= 0.6 is 0 Å². The Labute approximate surface area is 247 Å². The summed E-state index contributed by atoms with van der Waals surface area (Å²) in [6.45, 7) is 11.0. The molecule has 2 fully saturated rings. The van der Waals surface area contributed by atoms with E-state index in [0.717, 1.165) is 5.56 Å². The normalized spacial score (nSPS) is 35.2.